The van der Waals surface area contributed by atoms with Crippen LogP contribution in [0.25, 0.3) is 10.2 Å². The highest BCUT2D eigenvalue weighted by Crippen LogP contribution is 2.31. The lowest BCUT2D eigenvalue weighted by Crippen LogP contribution is -2.41. The van der Waals surface area contributed by atoms with E-state index in [0.717, 1.165) is 52.6 Å². The molecule has 1 aliphatic heterocycles. The summed E-state index contributed by atoms with van der Waals surface area (Å²) in [7, 11) is 0. The van der Waals surface area contributed by atoms with Crippen LogP contribution in [0, 0.1) is 12.8 Å². The summed E-state index contributed by atoms with van der Waals surface area (Å²) in [6.45, 7) is 3.85. The van der Waals surface area contributed by atoms with E-state index in [2.05, 4.69) is 27.9 Å². The Morgan fingerprint density at radius 2 is 2.15 bits per heavy atom. The Kier molecular flexibility index (Phi) is 4.25. The maximum absolute atomic E-state index is 12.8. The zero-order valence-electron chi connectivity index (χ0n) is 15.4. The van der Waals surface area contributed by atoms with Crippen molar-refractivity contribution in [3.8, 4) is 0 Å². The van der Waals surface area contributed by atoms with E-state index in [4.69, 9.17) is 0 Å². The average molecular weight is 381 g/mol. The van der Waals surface area contributed by atoms with Crippen molar-refractivity contribution in [1.29, 1.82) is 0 Å². The Balaban J connectivity index is 1.36. The third-order valence-electron chi connectivity index (χ3n) is 5.84. The van der Waals surface area contributed by atoms with E-state index in [0.29, 0.717) is 12.1 Å². The number of carbonyl (C=O) groups excluding carboxylic acids is 1. The van der Waals surface area contributed by atoms with E-state index < -0.39 is 0 Å². The van der Waals surface area contributed by atoms with Crippen LogP contribution >= 0.6 is 11.3 Å². The molecule has 0 radical (unpaired) electrons. The first-order valence-corrected chi connectivity index (χ1v) is 10.5. The summed E-state index contributed by atoms with van der Waals surface area (Å²) in [6, 6.07) is 13.2. The molecule has 1 amide bonds. The van der Waals surface area contributed by atoms with Gasteiger partial charge in [-0.1, -0.05) is 30.3 Å². The van der Waals surface area contributed by atoms with Crippen molar-refractivity contribution >= 4 is 27.5 Å². The molecule has 2 aromatic heterocycles. The van der Waals surface area contributed by atoms with E-state index in [1.165, 1.54) is 12.0 Å². The van der Waals surface area contributed by atoms with Gasteiger partial charge in [-0.3, -0.25) is 9.48 Å². The first-order valence-electron chi connectivity index (χ1n) is 9.71. The molecule has 1 aromatic carbocycles. The number of nitrogens with one attached hydrogen (secondary N) is 2. The highest BCUT2D eigenvalue weighted by molar-refractivity contribution is 7.20. The van der Waals surface area contributed by atoms with Crippen LogP contribution in [-0.2, 0) is 6.54 Å². The first kappa shape index (κ1) is 17.0. The topological polar surface area (TPSA) is 59.0 Å². The largest absolute Gasteiger partial charge is 0.349 e. The van der Waals surface area contributed by atoms with E-state index in [9.17, 15) is 4.79 Å². The smallest absolute Gasteiger partial charge is 0.261 e. The van der Waals surface area contributed by atoms with E-state index in [1.807, 2.05) is 35.9 Å². The highest BCUT2D eigenvalue weighted by Gasteiger charge is 2.34. The quantitative estimate of drug-likeness (QED) is 0.730. The molecule has 2 aliphatic rings. The molecule has 1 saturated carbocycles. The molecule has 3 aromatic rings. The van der Waals surface area contributed by atoms with Gasteiger partial charge in [0.2, 0.25) is 0 Å². The molecule has 1 saturated heterocycles. The number of benzene rings is 1. The van der Waals surface area contributed by atoms with Gasteiger partial charge in [0, 0.05) is 17.5 Å². The van der Waals surface area contributed by atoms with Crippen LogP contribution in [0.4, 0.5) is 0 Å². The first-order chi connectivity index (χ1) is 13.2. The second-order valence-electron chi connectivity index (χ2n) is 7.91. The van der Waals surface area contributed by atoms with Crippen molar-refractivity contribution in [1.82, 2.24) is 20.4 Å². The number of hydrogen-bond acceptors (Lipinski definition) is 4. The van der Waals surface area contributed by atoms with Crippen LogP contribution in [0.1, 0.15) is 40.2 Å². The number of aromatic nitrogens is 2. The second kappa shape index (κ2) is 6.77. The zero-order chi connectivity index (χ0) is 18.4. The number of thiophene rings is 1. The van der Waals surface area contributed by atoms with Crippen LogP contribution in [0.15, 0.2) is 36.4 Å². The molecule has 3 atom stereocenters. The van der Waals surface area contributed by atoms with E-state index in [-0.39, 0.29) is 5.91 Å². The summed E-state index contributed by atoms with van der Waals surface area (Å²) in [6.07, 6.45) is 3.42. The summed E-state index contributed by atoms with van der Waals surface area (Å²) in [5, 5.41) is 12.6. The Labute approximate surface area is 162 Å². The maximum Gasteiger partial charge on any atom is 0.261 e. The minimum absolute atomic E-state index is 0.0631. The van der Waals surface area contributed by atoms with Gasteiger partial charge in [0.1, 0.15) is 4.83 Å². The van der Waals surface area contributed by atoms with Crippen LogP contribution in [0.5, 0.6) is 0 Å². The summed E-state index contributed by atoms with van der Waals surface area (Å²) in [5.74, 6) is 0.784. The standard InChI is InChI=1S/C21H24N4OS/c1-13-18-10-19(20(26)23-17-8-15-7-16(9-17)22-11-15)27-21(18)25(24-13)12-14-5-3-2-4-6-14/h2-6,10,15-17,22H,7-9,11-12H2,1H3,(H,23,26). The van der Waals surface area contributed by atoms with Gasteiger partial charge in [-0.15, -0.1) is 11.3 Å². The molecule has 140 valence electrons. The highest BCUT2D eigenvalue weighted by atomic mass is 32.1. The lowest BCUT2D eigenvalue weighted by Gasteiger charge is -2.27. The van der Waals surface area contributed by atoms with Crippen molar-refractivity contribution in [2.24, 2.45) is 5.92 Å². The Hall–Kier alpha value is -2.18. The Bertz CT molecular complexity index is 965. The van der Waals surface area contributed by atoms with Crippen molar-refractivity contribution in [2.45, 2.75) is 44.8 Å². The predicted molar refractivity (Wildman–Crippen MR) is 108 cm³/mol. The van der Waals surface area contributed by atoms with Gasteiger partial charge in [-0.2, -0.15) is 5.10 Å². The van der Waals surface area contributed by atoms with Crippen LogP contribution in [-0.4, -0.2) is 34.3 Å². The summed E-state index contributed by atoms with van der Waals surface area (Å²) >= 11 is 1.55. The van der Waals surface area contributed by atoms with E-state index >= 15 is 0 Å². The fourth-order valence-corrected chi connectivity index (χ4v) is 5.63. The molecule has 2 fully saturated rings. The molecular weight excluding hydrogens is 356 g/mol. The fraction of sp³-hybridized carbons (Fsp3) is 0.429. The van der Waals surface area contributed by atoms with Gasteiger partial charge in [0.05, 0.1) is 17.1 Å². The lowest BCUT2D eigenvalue weighted by molar-refractivity contribution is 0.0927. The van der Waals surface area contributed by atoms with Crippen molar-refractivity contribution in [3.63, 3.8) is 0 Å². The summed E-state index contributed by atoms with van der Waals surface area (Å²) < 4.78 is 2.02. The molecule has 2 N–H and O–H groups in total. The monoisotopic (exact) mass is 380 g/mol. The van der Waals surface area contributed by atoms with Crippen LogP contribution in [0.3, 0.4) is 0 Å². The van der Waals surface area contributed by atoms with Crippen LogP contribution in [0.2, 0.25) is 0 Å². The number of rotatable bonds is 4. The van der Waals surface area contributed by atoms with Crippen molar-refractivity contribution < 1.29 is 4.79 Å². The van der Waals surface area contributed by atoms with E-state index in [1.54, 1.807) is 11.3 Å². The molecule has 2 bridgehead atoms. The average Bonchev–Trinajstić information content (AvgIpc) is 3.32. The number of nitrogens with zero attached hydrogens (tertiary/aromatic N) is 2. The zero-order valence-corrected chi connectivity index (χ0v) is 16.3. The molecule has 1 aliphatic carbocycles. The second-order valence-corrected chi connectivity index (χ2v) is 8.94. The maximum atomic E-state index is 12.8. The molecule has 0 spiro atoms. The fourth-order valence-electron chi connectivity index (χ4n) is 4.57. The molecule has 3 heterocycles. The summed E-state index contributed by atoms with van der Waals surface area (Å²) in [5.41, 5.74) is 2.20. The van der Waals surface area contributed by atoms with Gasteiger partial charge in [0.25, 0.3) is 5.91 Å². The van der Waals surface area contributed by atoms with Crippen molar-refractivity contribution in [3.05, 3.63) is 52.5 Å². The molecular formula is C21H24N4OS. The molecule has 6 heteroatoms. The predicted octanol–water partition coefficient (Wildman–Crippen LogP) is 3.32. The number of amides is 1. The van der Waals surface area contributed by atoms with Gasteiger partial charge < -0.3 is 10.6 Å². The minimum atomic E-state index is 0.0631. The van der Waals surface area contributed by atoms with Gasteiger partial charge >= 0.3 is 0 Å². The Morgan fingerprint density at radius 3 is 2.96 bits per heavy atom. The number of fused-ring (bicyclic) bond motifs is 3. The molecule has 3 unspecified atom stereocenters. The molecule has 5 rings (SSSR count). The number of hydrogen-bond donors (Lipinski definition) is 2. The SMILES string of the molecule is Cc1nn(Cc2ccccc2)c2sc(C(=O)NC3CC4CNC(C4)C3)cc12. The van der Waals surface area contributed by atoms with Gasteiger partial charge in [-0.25, -0.2) is 0 Å². The number of aryl methyl sites for hydroxylation is 1. The van der Waals surface area contributed by atoms with Gasteiger partial charge in [0.15, 0.2) is 0 Å². The Morgan fingerprint density at radius 1 is 1.30 bits per heavy atom. The number of carbonyl (C=O) groups is 1. The summed E-state index contributed by atoms with van der Waals surface area (Å²) in [4.78, 5) is 14.7. The molecule has 27 heavy (non-hydrogen) atoms. The third-order valence-corrected chi connectivity index (χ3v) is 6.99. The lowest BCUT2D eigenvalue weighted by atomic mass is 9.86. The molecule has 5 nitrogen and oxygen atoms in total. The minimum Gasteiger partial charge on any atom is -0.349 e. The normalized spacial score (nSPS) is 24.4. The van der Waals surface area contributed by atoms with Crippen molar-refractivity contribution in [2.75, 3.05) is 6.54 Å². The van der Waals surface area contributed by atoms with Gasteiger partial charge in [-0.05, 0) is 50.3 Å². The third kappa shape index (κ3) is 3.28. The van der Waals surface area contributed by atoms with Crippen LogP contribution < -0.4 is 10.6 Å².